The average Bonchev–Trinajstić information content (AvgIpc) is 2.48. The zero-order valence-electron chi connectivity index (χ0n) is 12.4. The van der Waals surface area contributed by atoms with E-state index < -0.39 is 0 Å². The molecule has 0 aliphatic carbocycles. The molecule has 2 aromatic rings. The van der Waals surface area contributed by atoms with Crippen LogP contribution in [0.1, 0.15) is 29.7 Å². The maximum absolute atomic E-state index is 6.48. The van der Waals surface area contributed by atoms with Crippen molar-refractivity contribution in [2.45, 2.75) is 19.9 Å². The number of hydrogen-bond donors (Lipinski definition) is 1. The highest BCUT2D eigenvalue weighted by Crippen LogP contribution is 2.37. The van der Waals surface area contributed by atoms with Crippen LogP contribution in [0, 0.1) is 6.92 Å². The van der Waals surface area contributed by atoms with Crippen LogP contribution in [0.25, 0.3) is 0 Å². The first-order chi connectivity index (χ1) is 10.1. The van der Waals surface area contributed by atoms with Crippen LogP contribution < -0.4 is 10.1 Å². The van der Waals surface area contributed by atoms with Crippen molar-refractivity contribution in [2.24, 2.45) is 0 Å². The summed E-state index contributed by atoms with van der Waals surface area (Å²) in [4.78, 5) is 0. The fourth-order valence-corrected chi connectivity index (χ4v) is 3.03. The van der Waals surface area contributed by atoms with Gasteiger partial charge in [0, 0.05) is 10.0 Å². The van der Waals surface area contributed by atoms with Crippen molar-refractivity contribution < 1.29 is 4.74 Å². The maximum Gasteiger partial charge on any atom is 0.124 e. The molecule has 21 heavy (non-hydrogen) atoms. The molecule has 0 amide bonds. The second-order valence-electron chi connectivity index (χ2n) is 4.88. The Kier molecular flexibility index (Phi) is 5.68. The van der Waals surface area contributed by atoms with Crippen molar-refractivity contribution in [3.63, 3.8) is 0 Å². The van der Waals surface area contributed by atoms with Crippen LogP contribution in [-0.2, 0) is 0 Å². The van der Waals surface area contributed by atoms with Gasteiger partial charge in [-0.3, -0.25) is 0 Å². The highest BCUT2D eigenvalue weighted by molar-refractivity contribution is 9.10. The summed E-state index contributed by atoms with van der Waals surface area (Å²) in [5, 5.41) is 4.23. The average molecular weight is 369 g/mol. The molecule has 0 spiro atoms. The lowest BCUT2D eigenvalue weighted by molar-refractivity contribution is 0.404. The smallest absolute Gasteiger partial charge is 0.124 e. The third-order valence-corrected chi connectivity index (χ3v) is 4.71. The summed E-state index contributed by atoms with van der Waals surface area (Å²) in [6.45, 7) is 5.00. The predicted molar refractivity (Wildman–Crippen MR) is 92.4 cm³/mol. The van der Waals surface area contributed by atoms with E-state index in [4.69, 9.17) is 16.3 Å². The normalized spacial score (nSPS) is 12.2. The minimum absolute atomic E-state index is 0.00477. The van der Waals surface area contributed by atoms with Gasteiger partial charge in [0.1, 0.15) is 5.75 Å². The van der Waals surface area contributed by atoms with E-state index in [1.165, 1.54) is 5.56 Å². The first-order valence-electron chi connectivity index (χ1n) is 6.90. The summed E-state index contributed by atoms with van der Waals surface area (Å²) in [5.74, 6) is 0.864. The zero-order chi connectivity index (χ0) is 15.4. The van der Waals surface area contributed by atoms with E-state index in [9.17, 15) is 0 Å². The number of nitrogens with one attached hydrogen (secondary N) is 1. The second-order valence-corrected chi connectivity index (χ2v) is 6.11. The lowest BCUT2D eigenvalue weighted by Crippen LogP contribution is -2.23. The molecule has 1 atom stereocenters. The van der Waals surface area contributed by atoms with Crippen molar-refractivity contribution in [3.05, 3.63) is 62.6 Å². The number of halogens is 2. The van der Waals surface area contributed by atoms with E-state index in [2.05, 4.69) is 41.2 Å². The first-order valence-corrected chi connectivity index (χ1v) is 8.07. The van der Waals surface area contributed by atoms with Crippen LogP contribution in [0.4, 0.5) is 0 Å². The van der Waals surface area contributed by atoms with E-state index in [0.29, 0.717) is 0 Å². The third kappa shape index (κ3) is 3.60. The van der Waals surface area contributed by atoms with Crippen LogP contribution in [-0.4, -0.2) is 13.7 Å². The van der Waals surface area contributed by atoms with Gasteiger partial charge < -0.3 is 10.1 Å². The monoisotopic (exact) mass is 367 g/mol. The summed E-state index contributed by atoms with van der Waals surface area (Å²) < 4.78 is 6.42. The molecule has 1 unspecified atom stereocenters. The van der Waals surface area contributed by atoms with E-state index in [-0.39, 0.29) is 6.04 Å². The van der Waals surface area contributed by atoms with Gasteiger partial charge in [0.15, 0.2) is 0 Å². The Morgan fingerprint density at radius 2 is 2.00 bits per heavy atom. The Morgan fingerprint density at radius 1 is 1.24 bits per heavy atom. The van der Waals surface area contributed by atoms with Crippen LogP contribution in [0.3, 0.4) is 0 Å². The van der Waals surface area contributed by atoms with Crippen LogP contribution in [0.15, 0.2) is 40.9 Å². The number of benzene rings is 2. The Morgan fingerprint density at radius 3 is 2.67 bits per heavy atom. The van der Waals surface area contributed by atoms with Gasteiger partial charge in [-0.05, 0) is 47.1 Å². The van der Waals surface area contributed by atoms with Crippen LogP contribution in [0.5, 0.6) is 5.75 Å². The topological polar surface area (TPSA) is 21.3 Å². The Bertz CT molecular complexity index is 630. The van der Waals surface area contributed by atoms with Crippen LogP contribution in [0.2, 0.25) is 5.02 Å². The standard InChI is InChI=1S/C17H19BrClNO/c1-4-20-17(12-6-5-7-14(18)16(12)19)13-10-11(2)8-9-15(13)21-3/h5-10,17,20H,4H2,1-3H3. The molecular weight excluding hydrogens is 350 g/mol. The van der Waals surface area contributed by atoms with Crippen LogP contribution >= 0.6 is 27.5 Å². The molecule has 0 heterocycles. The molecule has 0 radical (unpaired) electrons. The number of hydrogen-bond acceptors (Lipinski definition) is 2. The molecule has 0 fully saturated rings. The zero-order valence-corrected chi connectivity index (χ0v) is 14.8. The summed E-state index contributed by atoms with van der Waals surface area (Å²) in [6.07, 6.45) is 0. The van der Waals surface area contributed by atoms with Crippen molar-refractivity contribution >= 4 is 27.5 Å². The van der Waals surface area contributed by atoms with Crippen molar-refractivity contribution in [1.82, 2.24) is 5.32 Å². The third-order valence-electron chi connectivity index (χ3n) is 3.40. The number of aryl methyl sites for hydroxylation is 1. The first kappa shape index (κ1) is 16.3. The number of rotatable bonds is 5. The fourth-order valence-electron chi connectivity index (χ4n) is 2.41. The molecule has 0 saturated carbocycles. The summed E-state index contributed by atoms with van der Waals surface area (Å²) in [5.41, 5.74) is 3.33. The predicted octanol–water partition coefficient (Wildman–Crippen LogP) is 5.12. The molecule has 2 aromatic carbocycles. The molecule has 0 aliphatic heterocycles. The Hall–Kier alpha value is -1.03. The molecule has 0 saturated heterocycles. The van der Waals surface area contributed by atoms with Gasteiger partial charge in [0.2, 0.25) is 0 Å². The molecule has 112 valence electrons. The lowest BCUT2D eigenvalue weighted by Gasteiger charge is -2.23. The number of methoxy groups -OCH3 is 1. The van der Waals surface area contributed by atoms with E-state index in [0.717, 1.165) is 32.9 Å². The molecule has 2 nitrogen and oxygen atoms in total. The Labute approximate surface area is 139 Å². The van der Waals surface area contributed by atoms with Gasteiger partial charge in [-0.15, -0.1) is 0 Å². The summed E-state index contributed by atoms with van der Waals surface area (Å²) >= 11 is 9.98. The molecule has 2 rings (SSSR count). The quantitative estimate of drug-likeness (QED) is 0.791. The molecule has 4 heteroatoms. The van der Waals surface area contributed by atoms with E-state index in [1.54, 1.807) is 7.11 Å². The van der Waals surface area contributed by atoms with Gasteiger partial charge >= 0.3 is 0 Å². The maximum atomic E-state index is 6.48. The van der Waals surface area contributed by atoms with Gasteiger partial charge in [0.05, 0.1) is 18.2 Å². The van der Waals surface area contributed by atoms with Crippen molar-refractivity contribution in [1.29, 1.82) is 0 Å². The highest BCUT2D eigenvalue weighted by atomic mass is 79.9. The summed E-state index contributed by atoms with van der Waals surface area (Å²) in [6, 6.07) is 12.2. The van der Waals surface area contributed by atoms with Gasteiger partial charge in [0.25, 0.3) is 0 Å². The van der Waals surface area contributed by atoms with E-state index >= 15 is 0 Å². The number of ether oxygens (including phenoxy) is 1. The molecule has 1 N–H and O–H groups in total. The fraction of sp³-hybridized carbons (Fsp3) is 0.294. The minimum Gasteiger partial charge on any atom is -0.496 e. The molecule has 0 aliphatic rings. The van der Waals surface area contributed by atoms with Gasteiger partial charge in [-0.1, -0.05) is 48.4 Å². The minimum atomic E-state index is -0.00477. The Balaban J connectivity index is 2.58. The largest absolute Gasteiger partial charge is 0.496 e. The van der Waals surface area contributed by atoms with Gasteiger partial charge in [-0.2, -0.15) is 0 Å². The second kappa shape index (κ2) is 7.30. The SMILES string of the molecule is CCNC(c1cc(C)ccc1OC)c1cccc(Br)c1Cl. The van der Waals surface area contributed by atoms with E-state index in [1.807, 2.05) is 30.3 Å². The molecule has 0 bridgehead atoms. The van der Waals surface area contributed by atoms with Crippen molar-refractivity contribution in [3.8, 4) is 5.75 Å². The molecular formula is C17H19BrClNO. The van der Waals surface area contributed by atoms with Crippen molar-refractivity contribution in [2.75, 3.05) is 13.7 Å². The molecule has 0 aromatic heterocycles. The summed E-state index contributed by atoms with van der Waals surface area (Å²) in [7, 11) is 1.69. The highest BCUT2D eigenvalue weighted by Gasteiger charge is 2.20. The lowest BCUT2D eigenvalue weighted by atomic mass is 9.96. The van der Waals surface area contributed by atoms with Gasteiger partial charge in [-0.25, -0.2) is 0 Å².